The molecule has 0 saturated carbocycles. The summed E-state index contributed by atoms with van der Waals surface area (Å²) in [5, 5.41) is 11.2. The zero-order valence-corrected chi connectivity index (χ0v) is 17.1. The number of β-amino-alcohol motifs (C(OH)–C–C–N with tert-alkyl or cyclic N) is 1. The van der Waals surface area contributed by atoms with Crippen LogP contribution in [0.1, 0.15) is 36.0 Å². The van der Waals surface area contributed by atoms with Crippen molar-refractivity contribution in [2.24, 2.45) is 0 Å². The van der Waals surface area contributed by atoms with Crippen LogP contribution in [-0.4, -0.2) is 29.6 Å². The molecule has 1 unspecified atom stereocenters. The number of hydrogen-bond acceptors (Lipinski definition) is 3. The van der Waals surface area contributed by atoms with Crippen LogP contribution in [0, 0.1) is 0 Å². The smallest absolute Gasteiger partial charge is 0.127 e. The summed E-state index contributed by atoms with van der Waals surface area (Å²) < 4.78 is 5.89. The fourth-order valence-electron chi connectivity index (χ4n) is 3.92. The number of aliphatic hydroxyl groups excluding tert-OH is 1. The van der Waals surface area contributed by atoms with Gasteiger partial charge in [-0.2, -0.15) is 0 Å². The van der Waals surface area contributed by atoms with E-state index in [9.17, 15) is 5.11 Å². The third kappa shape index (κ3) is 5.39. The maximum Gasteiger partial charge on any atom is 0.127 e. The van der Waals surface area contributed by atoms with Gasteiger partial charge in [-0.05, 0) is 79.4 Å². The molecular weight excluding hydrogens is 382 g/mol. The van der Waals surface area contributed by atoms with Gasteiger partial charge in [-0.25, -0.2) is 0 Å². The molecule has 0 aliphatic carbocycles. The molecule has 1 saturated heterocycles. The van der Waals surface area contributed by atoms with E-state index in [1.807, 2.05) is 54.6 Å². The number of rotatable bonds is 6. The van der Waals surface area contributed by atoms with Crippen LogP contribution >= 0.6 is 11.6 Å². The molecule has 4 rings (SSSR count). The molecule has 1 fully saturated rings. The number of likely N-dealkylation sites (tertiary alicyclic amines) is 1. The molecule has 0 amide bonds. The van der Waals surface area contributed by atoms with Crippen LogP contribution in [0.3, 0.4) is 0 Å². The number of piperidine rings is 1. The molecule has 150 valence electrons. The number of para-hydroxylation sites is 1. The number of hydrogen-bond donors (Lipinski definition) is 1. The number of ether oxygens (including phenoxy) is 1. The Morgan fingerprint density at radius 1 is 0.862 bits per heavy atom. The Hall–Kier alpha value is -2.33. The van der Waals surface area contributed by atoms with Gasteiger partial charge >= 0.3 is 0 Å². The van der Waals surface area contributed by atoms with Crippen molar-refractivity contribution in [3.05, 3.63) is 95.0 Å². The van der Waals surface area contributed by atoms with E-state index < -0.39 is 6.10 Å². The first-order chi connectivity index (χ1) is 14.2. The summed E-state index contributed by atoms with van der Waals surface area (Å²) in [5.41, 5.74) is 2.29. The normalized spacial score (nSPS) is 16.5. The highest BCUT2D eigenvalue weighted by Gasteiger charge is 2.22. The van der Waals surface area contributed by atoms with Crippen molar-refractivity contribution in [3.63, 3.8) is 0 Å². The second-order valence-corrected chi connectivity index (χ2v) is 8.06. The Labute approximate surface area is 177 Å². The zero-order valence-electron chi connectivity index (χ0n) is 16.4. The van der Waals surface area contributed by atoms with Gasteiger partial charge in [-0.15, -0.1) is 0 Å². The summed E-state index contributed by atoms with van der Waals surface area (Å²) in [7, 11) is 0. The number of halogens is 1. The van der Waals surface area contributed by atoms with E-state index in [4.69, 9.17) is 16.3 Å². The lowest BCUT2D eigenvalue weighted by molar-refractivity contribution is 0.0972. The van der Waals surface area contributed by atoms with Crippen molar-refractivity contribution in [1.82, 2.24) is 4.90 Å². The highest BCUT2D eigenvalue weighted by atomic mass is 35.5. The quantitative estimate of drug-likeness (QED) is 0.540. The van der Waals surface area contributed by atoms with Crippen LogP contribution in [0.2, 0.25) is 5.02 Å². The minimum atomic E-state index is -0.474. The number of benzene rings is 3. The van der Waals surface area contributed by atoms with E-state index in [0.29, 0.717) is 17.5 Å². The standard InChI is InChI=1S/C25H26ClNO2/c26-22-10-6-21(7-11-22)25(28)18-27-16-14-20(15-17-27)19-8-12-24(13-9-19)29-23-4-2-1-3-5-23/h1-13,20,25,28H,14-18H2. The van der Waals surface area contributed by atoms with Gasteiger partial charge in [0.15, 0.2) is 0 Å². The van der Waals surface area contributed by atoms with E-state index in [0.717, 1.165) is 43.0 Å². The minimum Gasteiger partial charge on any atom is -0.457 e. The van der Waals surface area contributed by atoms with Crippen molar-refractivity contribution in [2.75, 3.05) is 19.6 Å². The van der Waals surface area contributed by atoms with E-state index in [1.54, 1.807) is 0 Å². The third-order valence-electron chi connectivity index (χ3n) is 5.60. The second kappa shape index (κ2) is 9.45. The van der Waals surface area contributed by atoms with Gasteiger partial charge in [0, 0.05) is 11.6 Å². The first-order valence-corrected chi connectivity index (χ1v) is 10.5. The van der Waals surface area contributed by atoms with E-state index in [1.165, 1.54) is 5.56 Å². The van der Waals surface area contributed by atoms with Gasteiger partial charge < -0.3 is 14.7 Å². The molecule has 0 aromatic heterocycles. The lowest BCUT2D eigenvalue weighted by atomic mass is 9.89. The highest BCUT2D eigenvalue weighted by molar-refractivity contribution is 6.30. The van der Waals surface area contributed by atoms with Gasteiger partial charge in [-0.3, -0.25) is 0 Å². The molecule has 0 radical (unpaired) electrons. The molecular formula is C25H26ClNO2. The molecule has 1 aliphatic rings. The van der Waals surface area contributed by atoms with E-state index >= 15 is 0 Å². The second-order valence-electron chi connectivity index (χ2n) is 7.63. The first-order valence-electron chi connectivity index (χ1n) is 10.2. The molecule has 4 heteroatoms. The van der Waals surface area contributed by atoms with Gasteiger partial charge in [0.1, 0.15) is 11.5 Å². The highest BCUT2D eigenvalue weighted by Crippen LogP contribution is 2.31. The van der Waals surface area contributed by atoms with Crippen LogP contribution in [0.15, 0.2) is 78.9 Å². The molecule has 1 atom stereocenters. The number of aliphatic hydroxyl groups is 1. The summed E-state index contributed by atoms with van der Waals surface area (Å²) in [5.74, 6) is 2.28. The molecule has 1 heterocycles. The molecule has 3 aromatic carbocycles. The molecule has 29 heavy (non-hydrogen) atoms. The van der Waals surface area contributed by atoms with Crippen molar-refractivity contribution in [1.29, 1.82) is 0 Å². The maximum atomic E-state index is 10.5. The van der Waals surface area contributed by atoms with E-state index in [2.05, 4.69) is 29.2 Å². The Morgan fingerprint density at radius 3 is 2.14 bits per heavy atom. The van der Waals surface area contributed by atoms with Crippen molar-refractivity contribution in [3.8, 4) is 11.5 Å². The van der Waals surface area contributed by atoms with Gasteiger partial charge in [0.05, 0.1) is 6.10 Å². The summed E-state index contributed by atoms with van der Waals surface area (Å²) in [6.45, 7) is 2.66. The largest absolute Gasteiger partial charge is 0.457 e. The van der Waals surface area contributed by atoms with Crippen LogP contribution in [-0.2, 0) is 0 Å². The fourth-order valence-corrected chi connectivity index (χ4v) is 4.04. The fraction of sp³-hybridized carbons (Fsp3) is 0.280. The molecule has 1 aliphatic heterocycles. The maximum absolute atomic E-state index is 10.5. The minimum absolute atomic E-state index is 0.474. The van der Waals surface area contributed by atoms with Crippen molar-refractivity contribution in [2.45, 2.75) is 24.9 Å². The predicted molar refractivity (Wildman–Crippen MR) is 118 cm³/mol. The molecule has 1 N–H and O–H groups in total. The summed E-state index contributed by atoms with van der Waals surface area (Å²) >= 11 is 5.93. The topological polar surface area (TPSA) is 32.7 Å². The Balaban J connectivity index is 1.28. The van der Waals surface area contributed by atoms with Crippen LogP contribution < -0.4 is 4.74 Å². The Kier molecular flexibility index (Phi) is 6.50. The Morgan fingerprint density at radius 2 is 1.48 bits per heavy atom. The van der Waals surface area contributed by atoms with Gasteiger partial charge in [0.25, 0.3) is 0 Å². The van der Waals surface area contributed by atoms with Crippen LogP contribution in [0.4, 0.5) is 0 Å². The molecule has 0 bridgehead atoms. The average Bonchev–Trinajstić information content (AvgIpc) is 2.76. The molecule has 3 nitrogen and oxygen atoms in total. The molecule has 3 aromatic rings. The lowest BCUT2D eigenvalue weighted by Gasteiger charge is -2.33. The lowest BCUT2D eigenvalue weighted by Crippen LogP contribution is -2.36. The predicted octanol–water partition coefficient (Wildman–Crippen LogP) is 6.05. The van der Waals surface area contributed by atoms with Crippen molar-refractivity contribution >= 4 is 11.6 Å². The van der Waals surface area contributed by atoms with Crippen LogP contribution in [0.25, 0.3) is 0 Å². The molecule has 0 spiro atoms. The summed E-state index contributed by atoms with van der Waals surface area (Å²) in [6.07, 6.45) is 1.73. The summed E-state index contributed by atoms with van der Waals surface area (Å²) in [6, 6.07) is 25.8. The van der Waals surface area contributed by atoms with E-state index in [-0.39, 0.29) is 0 Å². The summed E-state index contributed by atoms with van der Waals surface area (Å²) in [4.78, 5) is 2.35. The third-order valence-corrected chi connectivity index (χ3v) is 5.86. The van der Waals surface area contributed by atoms with Crippen LogP contribution in [0.5, 0.6) is 11.5 Å². The monoisotopic (exact) mass is 407 g/mol. The first kappa shape index (κ1) is 20.0. The SMILES string of the molecule is OC(CN1CCC(c2ccc(Oc3ccccc3)cc2)CC1)c1ccc(Cl)cc1. The number of nitrogens with zero attached hydrogens (tertiary/aromatic N) is 1. The average molecular weight is 408 g/mol. The van der Waals surface area contributed by atoms with Gasteiger partial charge in [-0.1, -0.05) is 54.1 Å². The zero-order chi connectivity index (χ0) is 20.1. The van der Waals surface area contributed by atoms with Gasteiger partial charge in [0.2, 0.25) is 0 Å². The Bertz CT molecular complexity index is 888. The van der Waals surface area contributed by atoms with Crippen molar-refractivity contribution < 1.29 is 9.84 Å².